The number of rotatable bonds is 6. The normalized spacial score (nSPS) is 15.9. The SMILES string of the molecule is CNC(=O)CC1(c2ccc(N3CCc4c(C#N)nn(-c5ccc(OC)cc5)c4C3=O)cc2)CC1. The Morgan fingerprint density at radius 1 is 1.15 bits per heavy atom. The number of ether oxygens (including phenoxy) is 1. The maximum Gasteiger partial charge on any atom is 0.277 e. The van der Waals surface area contributed by atoms with Crippen molar-refractivity contribution in [1.29, 1.82) is 5.26 Å². The van der Waals surface area contributed by atoms with Gasteiger partial charge in [-0.05, 0) is 61.2 Å². The van der Waals surface area contributed by atoms with Crippen molar-refractivity contribution < 1.29 is 14.3 Å². The maximum absolute atomic E-state index is 13.6. The van der Waals surface area contributed by atoms with Crippen molar-refractivity contribution in [2.45, 2.75) is 31.1 Å². The van der Waals surface area contributed by atoms with Gasteiger partial charge in [0.05, 0.1) is 12.8 Å². The number of nitriles is 1. The number of fused-ring (bicyclic) bond motifs is 1. The van der Waals surface area contributed by atoms with Crippen LogP contribution in [0, 0.1) is 11.3 Å². The minimum absolute atomic E-state index is 0.0420. The molecule has 0 unspecified atom stereocenters. The number of nitrogens with one attached hydrogen (secondary N) is 1. The summed E-state index contributed by atoms with van der Waals surface area (Å²) < 4.78 is 6.78. The van der Waals surface area contributed by atoms with Gasteiger partial charge in [-0.3, -0.25) is 9.59 Å². The number of hydrogen-bond donors (Lipinski definition) is 1. The fraction of sp³-hybridized carbons (Fsp3) is 0.308. The number of anilines is 1. The lowest BCUT2D eigenvalue weighted by Crippen LogP contribution is -2.38. The Bertz CT molecular complexity index is 1300. The minimum atomic E-state index is -0.190. The van der Waals surface area contributed by atoms with Crippen LogP contribution in [0.1, 0.15) is 46.6 Å². The highest BCUT2D eigenvalue weighted by Crippen LogP contribution is 2.51. The zero-order valence-corrected chi connectivity index (χ0v) is 19.2. The quantitative estimate of drug-likeness (QED) is 0.616. The summed E-state index contributed by atoms with van der Waals surface area (Å²) in [5.74, 6) is 0.550. The number of carbonyl (C=O) groups excluding carboxylic acids is 2. The Hall–Kier alpha value is -4.12. The van der Waals surface area contributed by atoms with E-state index >= 15 is 0 Å². The largest absolute Gasteiger partial charge is 0.497 e. The van der Waals surface area contributed by atoms with Crippen molar-refractivity contribution in [2.24, 2.45) is 0 Å². The zero-order chi connectivity index (χ0) is 23.9. The van der Waals surface area contributed by atoms with Gasteiger partial charge in [-0.15, -0.1) is 0 Å². The van der Waals surface area contributed by atoms with Crippen LogP contribution in [-0.4, -0.2) is 42.3 Å². The molecule has 1 aliphatic carbocycles. The number of benzene rings is 2. The molecule has 0 radical (unpaired) electrons. The van der Waals surface area contributed by atoms with E-state index in [1.165, 1.54) is 0 Å². The molecule has 0 bridgehead atoms. The van der Waals surface area contributed by atoms with Crippen molar-refractivity contribution in [3.63, 3.8) is 0 Å². The van der Waals surface area contributed by atoms with E-state index in [2.05, 4.69) is 16.5 Å². The van der Waals surface area contributed by atoms with Crippen LogP contribution in [0.4, 0.5) is 5.69 Å². The number of aromatic nitrogens is 2. The Morgan fingerprint density at radius 3 is 2.41 bits per heavy atom. The molecule has 2 aliphatic rings. The molecule has 3 aromatic rings. The molecule has 0 atom stereocenters. The highest BCUT2D eigenvalue weighted by atomic mass is 16.5. The van der Waals surface area contributed by atoms with Gasteiger partial charge in [0.1, 0.15) is 17.5 Å². The Kier molecular flexibility index (Phi) is 5.33. The molecule has 1 aliphatic heterocycles. The number of nitrogens with zero attached hydrogens (tertiary/aromatic N) is 4. The van der Waals surface area contributed by atoms with Crippen molar-refractivity contribution in [3.05, 3.63) is 71.0 Å². The second-order valence-electron chi connectivity index (χ2n) is 8.78. The van der Waals surface area contributed by atoms with E-state index in [1.54, 1.807) is 35.9 Å². The highest BCUT2D eigenvalue weighted by molar-refractivity contribution is 6.07. The van der Waals surface area contributed by atoms with E-state index in [9.17, 15) is 14.9 Å². The van der Waals surface area contributed by atoms with Crippen LogP contribution in [0.25, 0.3) is 5.69 Å². The van der Waals surface area contributed by atoms with E-state index in [0.29, 0.717) is 42.1 Å². The number of hydrogen-bond acceptors (Lipinski definition) is 5. The Balaban J connectivity index is 1.46. The molecule has 2 aromatic carbocycles. The summed E-state index contributed by atoms with van der Waals surface area (Å²) in [4.78, 5) is 27.3. The fourth-order valence-corrected chi connectivity index (χ4v) is 4.72. The lowest BCUT2D eigenvalue weighted by atomic mass is 9.91. The van der Waals surface area contributed by atoms with Crippen LogP contribution >= 0.6 is 0 Å². The van der Waals surface area contributed by atoms with Crippen molar-refractivity contribution in [1.82, 2.24) is 15.1 Å². The summed E-state index contributed by atoms with van der Waals surface area (Å²) in [6, 6.07) is 17.3. The predicted octanol–water partition coefficient (Wildman–Crippen LogP) is 3.12. The van der Waals surface area contributed by atoms with Crippen LogP contribution in [-0.2, 0) is 16.6 Å². The van der Waals surface area contributed by atoms with Gasteiger partial charge in [0.2, 0.25) is 5.91 Å². The molecular formula is C26H25N5O3. The van der Waals surface area contributed by atoms with E-state index in [0.717, 1.165) is 24.1 Å². The molecule has 1 N–H and O–H groups in total. The van der Waals surface area contributed by atoms with Gasteiger partial charge >= 0.3 is 0 Å². The molecule has 0 spiro atoms. The minimum Gasteiger partial charge on any atom is -0.497 e. The van der Waals surface area contributed by atoms with E-state index in [-0.39, 0.29) is 22.9 Å². The summed E-state index contributed by atoms with van der Waals surface area (Å²) in [7, 11) is 3.25. The molecule has 0 saturated heterocycles. The van der Waals surface area contributed by atoms with Crippen LogP contribution in [0.15, 0.2) is 48.5 Å². The van der Waals surface area contributed by atoms with E-state index < -0.39 is 0 Å². The average Bonchev–Trinajstić information content (AvgIpc) is 3.55. The number of carbonyl (C=O) groups is 2. The molecule has 1 aromatic heterocycles. The lowest BCUT2D eigenvalue weighted by Gasteiger charge is -2.28. The summed E-state index contributed by atoms with van der Waals surface area (Å²) in [5, 5.41) is 16.7. The molecule has 1 fully saturated rings. The van der Waals surface area contributed by atoms with Crippen LogP contribution in [0.3, 0.4) is 0 Å². The van der Waals surface area contributed by atoms with Crippen molar-refractivity contribution in [2.75, 3.05) is 25.6 Å². The Morgan fingerprint density at radius 2 is 1.82 bits per heavy atom. The molecular weight excluding hydrogens is 430 g/mol. The summed E-state index contributed by atoms with van der Waals surface area (Å²) in [5.41, 5.74) is 3.88. The lowest BCUT2D eigenvalue weighted by molar-refractivity contribution is -0.121. The molecule has 8 heteroatoms. The maximum atomic E-state index is 13.6. The van der Waals surface area contributed by atoms with Gasteiger partial charge in [-0.25, -0.2) is 4.68 Å². The topological polar surface area (TPSA) is 100 Å². The first-order valence-electron chi connectivity index (χ1n) is 11.3. The standard InChI is InChI=1S/C26H25N5O3/c1-28-23(32)15-26(12-13-26)17-3-5-18(6-4-17)30-14-11-21-22(16-27)29-31(24(21)25(30)33)19-7-9-20(34-2)10-8-19/h3-10H,11-15H2,1-2H3,(H,28,32). The third-order valence-electron chi connectivity index (χ3n) is 6.86. The smallest absolute Gasteiger partial charge is 0.277 e. The van der Waals surface area contributed by atoms with Crippen molar-refractivity contribution >= 4 is 17.5 Å². The van der Waals surface area contributed by atoms with Crippen LogP contribution in [0.5, 0.6) is 5.75 Å². The fourth-order valence-electron chi connectivity index (χ4n) is 4.72. The predicted molar refractivity (Wildman–Crippen MR) is 126 cm³/mol. The van der Waals surface area contributed by atoms with Gasteiger partial charge in [0.25, 0.3) is 5.91 Å². The van der Waals surface area contributed by atoms with Gasteiger partial charge in [-0.1, -0.05) is 12.1 Å². The molecule has 2 heterocycles. The van der Waals surface area contributed by atoms with Gasteiger partial charge in [-0.2, -0.15) is 10.4 Å². The monoisotopic (exact) mass is 455 g/mol. The second kappa shape index (κ2) is 8.34. The molecule has 5 rings (SSSR count). The van der Waals surface area contributed by atoms with Crippen LogP contribution in [0.2, 0.25) is 0 Å². The molecule has 2 amide bonds. The first-order chi connectivity index (χ1) is 16.5. The summed E-state index contributed by atoms with van der Waals surface area (Å²) >= 11 is 0. The van der Waals surface area contributed by atoms with Gasteiger partial charge < -0.3 is 15.0 Å². The Labute approximate surface area is 197 Å². The van der Waals surface area contributed by atoms with Gasteiger partial charge in [0, 0.05) is 36.7 Å². The summed E-state index contributed by atoms with van der Waals surface area (Å²) in [6.07, 6.45) is 3.00. The molecule has 172 valence electrons. The van der Waals surface area contributed by atoms with Crippen molar-refractivity contribution in [3.8, 4) is 17.5 Å². The second-order valence-corrected chi connectivity index (χ2v) is 8.78. The first kappa shape index (κ1) is 21.7. The average molecular weight is 456 g/mol. The molecule has 8 nitrogen and oxygen atoms in total. The van der Waals surface area contributed by atoms with E-state index in [1.807, 2.05) is 36.4 Å². The molecule has 34 heavy (non-hydrogen) atoms. The number of amides is 2. The number of methoxy groups -OCH3 is 1. The molecule has 1 saturated carbocycles. The zero-order valence-electron chi connectivity index (χ0n) is 19.2. The third kappa shape index (κ3) is 3.59. The summed E-state index contributed by atoms with van der Waals surface area (Å²) in [6.45, 7) is 0.470. The highest BCUT2D eigenvalue weighted by Gasteiger charge is 2.45. The van der Waals surface area contributed by atoms with Crippen LogP contribution < -0.4 is 15.0 Å². The van der Waals surface area contributed by atoms with Gasteiger partial charge in [0.15, 0.2) is 5.69 Å². The third-order valence-corrected chi connectivity index (χ3v) is 6.86. The van der Waals surface area contributed by atoms with E-state index in [4.69, 9.17) is 4.74 Å². The first-order valence-corrected chi connectivity index (χ1v) is 11.3.